The van der Waals surface area contributed by atoms with Crippen molar-refractivity contribution in [2.24, 2.45) is 11.7 Å². The lowest BCUT2D eigenvalue weighted by Crippen LogP contribution is -2.19. The lowest BCUT2D eigenvalue weighted by atomic mass is 9.83. The van der Waals surface area contributed by atoms with E-state index < -0.39 is 0 Å². The van der Waals surface area contributed by atoms with Crippen LogP contribution in [0.2, 0.25) is 0 Å². The molecule has 1 rings (SSSR count). The molecule has 0 amide bonds. The molecule has 0 bridgehead atoms. The first-order chi connectivity index (χ1) is 7.60. The minimum absolute atomic E-state index is 0.513. The zero-order valence-electron chi connectivity index (χ0n) is 11.1. The molecule has 90 valence electrons. The fraction of sp³-hybridized carbons (Fsp3) is 0.600. The van der Waals surface area contributed by atoms with E-state index >= 15 is 0 Å². The summed E-state index contributed by atoms with van der Waals surface area (Å²) in [6, 6.07) is 6.76. The topological polar surface area (TPSA) is 26.0 Å². The van der Waals surface area contributed by atoms with E-state index in [1.165, 1.54) is 29.5 Å². The lowest BCUT2D eigenvalue weighted by molar-refractivity contribution is 0.430. The third-order valence-corrected chi connectivity index (χ3v) is 3.64. The monoisotopic (exact) mass is 219 g/mol. The van der Waals surface area contributed by atoms with Gasteiger partial charge in [0.15, 0.2) is 0 Å². The highest BCUT2D eigenvalue weighted by atomic mass is 14.6. The van der Waals surface area contributed by atoms with Gasteiger partial charge in [0.25, 0.3) is 0 Å². The summed E-state index contributed by atoms with van der Waals surface area (Å²) in [5, 5.41) is 0. The van der Waals surface area contributed by atoms with Crippen molar-refractivity contribution in [3.05, 3.63) is 34.9 Å². The van der Waals surface area contributed by atoms with Crippen LogP contribution in [0.1, 0.15) is 49.3 Å². The van der Waals surface area contributed by atoms with Gasteiger partial charge in [-0.15, -0.1) is 0 Å². The van der Waals surface area contributed by atoms with Gasteiger partial charge in [0.2, 0.25) is 0 Å². The predicted octanol–water partition coefficient (Wildman–Crippen LogP) is 3.78. The predicted molar refractivity (Wildman–Crippen MR) is 71.8 cm³/mol. The summed E-state index contributed by atoms with van der Waals surface area (Å²) in [6.45, 7) is 9.65. The first-order valence-electron chi connectivity index (χ1n) is 6.37. The zero-order chi connectivity index (χ0) is 12.1. The van der Waals surface area contributed by atoms with E-state index in [0.29, 0.717) is 11.8 Å². The molecule has 16 heavy (non-hydrogen) atoms. The van der Waals surface area contributed by atoms with Crippen LogP contribution in [0, 0.1) is 19.8 Å². The van der Waals surface area contributed by atoms with Crippen LogP contribution in [0.4, 0.5) is 0 Å². The van der Waals surface area contributed by atoms with Crippen molar-refractivity contribution in [2.75, 3.05) is 6.54 Å². The van der Waals surface area contributed by atoms with Crippen molar-refractivity contribution in [2.45, 2.75) is 46.5 Å². The van der Waals surface area contributed by atoms with Gasteiger partial charge in [-0.25, -0.2) is 0 Å². The van der Waals surface area contributed by atoms with Crippen LogP contribution in [0.3, 0.4) is 0 Å². The summed E-state index contributed by atoms with van der Waals surface area (Å²) in [5.74, 6) is 1.19. The molecule has 0 heterocycles. The second kappa shape index (κ2) is 6.05. The molecule has 0 aliphatic carbocycles. The molecule has 1 aromatic carbocycles. The molecule has 0 aromatic heterocycles. The minimum atomic E-state index is 0.513. The van der Waals surface area contributed by atoms with Crippen molar-refractivity contribution < 1.29 is 0 Å². The van der Waals surface area contributed by atoms with E-state index in [9.17, 15) is 0 Å². The normalized spacial score (nSPS) is 14.8. The van der Waals surface area contributed by atoms with Gasteiger partial charge < -0.3 is 5.73 Å². The lowest BCUT2D eigenvalue weighted by Gasteiger charge is -2.23. The molecule has 0 spiro atoms. The van der Waals surface area contributed by atoms with E-state index in [4.69, 9.17) is 5.73 Å². The van der Waals surface area contributed by atoms with E-state index in [0.717, 1.165) is 6.54 Å². The number of rotatable bonds is 5. The standard InChI is InChI=1S/C15H25N/c1-5-6-12(3)15(10-16)14-8-7-11(2)13(4)9-14/h7-9,12,15H,5-6,10,16H2,1-4H3. The Morgan fingerprint density at radius 3 is 2.38 bits per heavy atom. The van der Waals surface area contributed by atoms with Gasteiger partial charge in [-0.2, -0.15) is 0 Å². The average molecular weight is 219 g/mol. The Bertz CT molecular complexity index is 330. The summed E-state index contributed by atoms with van der Waals surface area (Å²) in [5.41, 5.74) is 10.1. The maximum atomic E-state index is 5.92. The Morgan fingerprint density at radius 2 is 1.88 bits per heavy atom. The summed E-state index contributed by atoms with van der Waals surface area (Å²) < 4.78 is 0. The number of aryl methyl sites for hydroxylation is 2. The van der Waals surface area contributed by atoms with Crippen molar-refractivity contribution >= 4 is 0 Å². The third-order valence-electron chi connectivity index (χ3n) is 3.64. The van der Waals surface area contributed by atoms with Crippen molar-refractivity contribution in [1.29, 1.82) is 0 Å². The average Bonchev–Trinajstić information content (AvgIpc) is 2.25. The number of nitrogens with two attached hydrogens (primary N) is 1. The Morgan fingerprint density at radius 1 is 1.19 bits per heavy atom. The van der Waals surface area contributed by atoms with Crippen molar-refractivity contribution in [1.82, 2.24) is 0 Å². The minimum Gasteiger partial charge on any atom is -0.330 e. The molecule has 0 aliphatic rings. The van der Waals surface area contributed by atoms with Gasteiger partial charge in [-0.3, -0.25) is 0 Å². The van der Waals surface area contributed by atoms with Crippen LogP contribution in [0.15, 0.2) is 18.2 Å². The molecule has 2 unspecified atom stereocenters. The van der Waals surface area contributed by atoms with Crippen LogP contribution >= 0.6 is 0 Å². The number of hydrogen-bond donors (Lipinski definition) is 1. The van der Waals surface area contributed by atoms with Crippen LogP contribution in [-0.4, -0.2) is 6.54 Å². The molecule has 0 radical (unpaired) electrons. The largest absolute Gasteiger partial charge is 0.330 e. The van der Waals surface area contributed by atoms with Gasteiger partial charge in [0.05, 0.1) is 0 Å². The smallest absolute Gasteiger partial charge is 0.000567 e. The van der Waals surface area contributed by atoms with Crippen molar-refractivity contribution in [3.63, 3.8) is 0 Å². The summed E-state index contributed by atoms with van der Waals surface area (Å²) in [4.78, 5) is 0. The van der Waals surface area contributed by atoms with Gasteiger partial charge in [0.1, 0.15) is 0 Å². The Hall–Kier alpha value is -0.820. The van der Waals surface area contributed by atoms with Gasteiger partial charge >= 0.3 is 0 Å². The second-order valence-corrected chi connectivity index (χ2v) is 4.95. The van der Waals surface area contributed by atoms with Gasteiger partial charge in [0, 0.05) is 0 Å². The van der Waals surface area contributed by atoms with Crippen LogP contribution < -0.4 is 5.73 Å². The molecule has 0 fully saturated rings. The summed E-state index contributed by atoms with van der Waals surface area (Å²) in [7, 11) is 0. The zero-order valence-corrected chi connectivity index (χ0v) is 11.1. The molecule has 0 saturated carbocycles. The third kappa shape index (κ3) is 3.08. The summed E-state index contributed by atoms with van der Waals surface area (Å²) >= 11 is 0. The number of hydrogen-bond acceptors (Lipinski definition) is 1. The molecule has 2 N–H and O–H groups in total. The second-order valence-electron chi connectivity index (χ2n) is 4.95. The highest BCUT2D eigenvalue weighted by Gasteiger charge is 2.17. The maximum absolute atomic E-state index is 5.92. The summed E-state index contributed by atoms with van der Waals surface area (Å²) in [6.07, 6.45) is 2.50. The molecule has 1 nitrogen and oxygen atoms in total. The first kappa shape index (κ1) is 13.2. The molecular formula is C15H25N. The Labute approximate surface area is 100 Å². The van der Waals surface area contributed by atoms with Gasteiger partial charge in [-0.05, 0) is 48.9 Å². The van der Waals surface area contributed by atoms with Gasteiger partial charge in [-0.1, -0.05) is 44.9 Å². The highest BCUT2D eigenvalue weighted by molar-refractivity contribution is 5.32. The van der Waals surface area contributed by atoms with Crippen molar-refractivity contribution in [3.8, 4) is 0 Å². The number of benzene rings is 1. The maximum Gasteiger partial charge on any atom is -0.000567 e. The Balaban J connectivity index is 2.90. The van der Waals surface area contributed by atoms with Crippen LogP contribution in [-0.2, 0) is 0 Å². The molecule has 1 aromatic rings. The Kier molecular flexibility index (Phi) is 5.01. The molecule has 0 aliphatic heterocycles. The highest BCUT2D eigenvalue weighted by Crippen LogP contribution is 2.28. The van der Waals surface area contributed by atoms with Crippen LogP contribution in [0.25, 0.3) is 0 Å². The molecule has 0 saturated heterocycles. The molecule has 2 atom stereocenters. The fourth-order valence-corrected chi connectivity index (χ4v) is 2.35. The van der Waals surface area contributed by atoms with E-state index in [-0.39, 0.29) is 0 Å². The van der Waals surface area contributed by atoms with E-state index in [1.807, 2.05) is 0 Å². The molecule has 1 heteroatoms. The molecular weight excluding hydrogens is 194 g/mol. The van der Waals surface area contributed by atoms with E-state index in [1.54, 1.807) is 0 Å². The van der Waals surface area contributed by atoms with Crippen LogP contribution in [0.5, 0.6) is 0 Å². The SMILES string of the molecule is CCCC(C)C(CN)c1ccc(C)c(C)c1. The first-order valence-corrected chi connectivity index (χ1v) is 6.37. The van der Waals surface area contributed by atoms with E-state index in [2.05, 4.69) is 45.9 Å². The fourth-order valence-electron chi connectivity index (χ4n) is 2.35. The quantitative estimate of drug-likeness (QED) is 0.801.